The van der Waals surface area contributed by atoms with Gasteiger partial charge in [-0.15, -0.1) is 0 Å². The minimum Gasteiger partial charge on any atom is -0.349 e. The van der Waals surface area contributed by atoms with Crippen LogP contribution >= 0.6 is 0 Å². The van der Waals surface area contributed by atoms with Crippen molar-refractivity contribution in [2.24, 2.45) is 5.92 Å². The van der Waals surface area contributed by atoms with Crippen LogP contribution in [0, 0.1) is 5.92 Å². The Morgan fingerprint density at radius 3 is 2.42 bits per heavy atom. The molecule has 162 valence electrons. The number of carbonyl (C=O) groups is 3. The maximum Gasteiger partial charge on any atom is 0.253 e. The Bertz CT molecular complexity index is 938. The second-order valence-corrected chi connectivity index (χ2v) is 8.50. The molecule has 2 N–H and O–H groups in total. The predicted molar refractivity (Wildman–Crippen MR) is 119 cm³/mol. The highest BCUT2D eigenvalue weighted by atomic mass is 16.2. The highest BCUT2D eigenvalue weighted by molar-refractivity contribution is 6.05. The summed E-state index contributed by atoms with van der Waals surface area (Å²) in [6, 6.07) is 17.0. The Labute approximate surface area is 183 Å². The molecule has 0 radical (unpaired) electrons. The van der Waals surface area contributed by atoms with Gasteiger partial charge in [-0.3, -0.25) is 14.4 Å². The van der Waals surface area contributed by atoms with Crippen molar-refractivity contribution in [2.75, 3.05) is 11.9 Å². The van der Waals surface area contributed by atoms with Gasteiger partial charge in [-0.25, -0.2) is 0 Å². The third-order valence-electron chi connectivity index (χ3n) is 6.17. The SMILES string of the molecule is O=C(NC1CCCCC1)c1ccccc1NC(=O)C1CC(=O)N(Cc2ccccc2)C1. The zero-order valence-corrected chi connectivity index (χ0v) is 17.7. The van der Waals surface area contributed by atoms with Gasteiger partial charge in [0.05, 0.1) is 17.2 Å². The lowest BCUT2D eigenvalue weighted by atomic mass is 9.95. The third-order valence-corrected chi connectivity index (χ3v) is 6.17. The molecule has 6 heteroatoms. The molecule has 0 aromatic heterocycles. The van der Waals surface area contributed by atoms with Crippen LogP contribution < -0.4 is 10.6 Å². The molecule has 1 aliphatic carbocycles. The molecule has 1 saturated heterocycles. The van der Waals surface area contributed by atoms with Crippen LogP contribution in [0.4, 0.5) is 5.69 Å². The van der Waals surface area contributed by atoms with Gasteiger partial charge in [0.2, 0.25) is 11.8 Å². The van der Waals surface area contributed by atoms with E-state index in [1.807, 2.05) is 30.3 Å². The molecule has 1 unspecified atom stereocenters. The van der Waals surface area contributed by atoms with Gasteiger partial charge in [-0.2, -0.15) is 0 Å². The second-order valence-electron chi connectivity index (χ2n) is 8.50. The molecule has 3 amide bonds. The minimum atomic E-state index is -0.425. The van der Waals surface area contributed by atoms with E-state index in [1.54, 1.807) is 29.2 Å². The summed E-state index contributed by atoms with van der Waals surface area (Å²) in [4.78, 5) is 39.9. The van der Waals surface area contributed by atoms with Crippen LogP contribution in [0.25, 0.3) is 0 Å². The first-order valence-electron chi connectivity index (χ1n) is 11.1. The number of hydrogen-bond acceptors (Lipinski definition) is 3. The largest absolute Gasteiger partial charge is 0.349 e. The van der Waals surface area contributed by atoms with E-state index >= 15 is 0 Å². The summed E-state index contributed by atoms with van der Waals surface area (Å²) in [6.45, 7) is 0.889. The Morgan fingerprint density at radius 1 is 0.935 bits per heavy atom. The molecule has 2 aromatic rings. The molecule has 0 spiro atoms. The molecule has 1 aliphatic heterocycles. The van der Waals surface area contributed by atoms with Crippen molar-refractivity contribution >= 4 is 23.4 Å². The Morgan fingerprint density at radius 2 is 1.65 bits per heavy atom. The number of para-hydroxylation sites is 1. The van der Waals surface area contributed by atoms with Gasteiger partial charge in [0.15, 0.2) is 0 Å². The first-order valence-corrected chi connectivity index (χ1v) is 11.1. The monoisotopic (exact) mass is 419 g/mol. The zero-order valence-electron chi connectivity index (χ0n) is 17.7. The molecule has 4 rings (SSSR count). The van der Waals surface area contributed by atoms with Crippen molar-refractivity contribution in [3.05, 3.63) is 65.7 Å². The van der Waals surface area contributed by atoms with Crippen LogP contribution in [0.5, 0.6) is 0 Å². The predicted octanol–water partition coefficient (Wildman–Crippen LogP) is 3.74. The average Bonchev–Trinajstić information content (AvgIpc) is 3.16. The highest BCUT2D eigenvalue weighted by Crippen LogP contribution is 2.24. The van der Waals surface area contributed by atoms with Crippen molar-refractivity contribution < 1.29 is 14.4 Å². The molecule has 2 fully saturated rings. The van der Waals surface area contributed by atoms with Gasteiger partial charge >= 0.3 is 0 Å². The maximum absolute atomic E-state index is 12.9. The van der Waals surface area contributed by atoms with Gasteiger partial charge in [0.25, 0.3) is 5.91 Å². The summed E-state index contributed by atoms with van der Waals surface area (Å²) in [5.41, 5.74) is 2.00. The molecular weight excluding hydrogens is 390 g/mol. The van der Waals surface area contributed by atoms with Gasteiger partial charge < -0.3 is 15.5 Å². The topological polar surface area (TPSA) is 78.5 Å². The molecule has 2 aromatic carbocycles. The van der Waals surface area contributed by atoms with E-state index < -0.39 is 5.92 Å². The van der Waals surface area contributed by atoms with E-state index in [1.165, 1.54) is 6.42 Å². The van der Waals surface area contributed by atoms with E-state index in [0.29, 0.717) is 24.3 Å². The van der Waals surface area contributed by atoms with Crippen LogP contribution in [0.2, 0.25) is 0 Å². The molecule has 6 nitrogen and oxygen atoms in total. The van der Waals surface area contributed by atoms with Crippen LogP contribution in [0.15, 0.2) is 54.6 Å². The number of anilines is 1. The van der Waals surface area contributed by atoms with Gasteiger partial charge in [-0.05, 0) is 30.5 Å². The maximum atomic E-state index is 12.9. The average molecular weight is 420 g/mol. The Kier molecular flexibility index (Phi) is 6.65. The fourth-order valence-corrected chi connectivity index (χ4v) is 4.44. The van der Waals surface area contributed by atoms with Crippen molar-refractivity contribution in [1.82, 2.24) is 10.2 Å². The zero-order chi connectivity index (χ0) is 21.6. The van der Waals surface area contributed by atoms with Crippen LogP contribution in [0.3, 0.4) is 0 Å². The number of nitrogens with one attached hydrogen (secondary N) is 2. The van der Waals surface area contributed by atoms with Crippen LogP contribution in [-0.4, -0.2) is 35.2 Å². The Hall–Kier alpha value is -3.15. The lowest BCUT2D eigenvalue weighted by Crippen LogP contribution is -2.36. The number of hydrogen-bond donors (Lipinski definition) is 2. The van der Waals surface area contributed by atoms with Crippen molar-refractivity contribution in [3.8, 4) is 0 Å². The van der Waals surface area contributed by atoms with Gasteiger partial charge in [0.1, 0.15) is 0 Å². The molecule has 2 aliphatic rings. The van der Waals surface area contributed by atoms with Crippen molar-refractivity contribution in [2.45, 2.75) is 51.1 Å². The summed E-state index contributed by atoms with van der Waals surface area (Å²) in [5.74, 6) is -0.823. The van der Waals surface area contributed by atoms with Crippen LogP contribution in [-0.2, 0) is 16.1 Å². The summed E-state index contributed by atoms with van der Waals surface area (Å²) in [6.07, 6.45) is 5.69. The lowest BCUT2D eigenvalue weighted by Gasteiger charge is -2.23. The summed E-state index contributed by atoms with van der Waals surface area (Å²) < 4.78 is 0. The number of carbonyl (C=O) groups excluding carboxylic acids is 3. The number of likely N-dealkylation sites (tertiary alicyclic amines) is 1. The van der Waals surface area contributed by atoms with Crippen LogP contribution in [0.1, 0.15) is 54.4 Å². The quantitative estimate of drug-likeness (QED) is 0.749. The number of amides is 3. The smallest absolute Gasteiger partial charge is 0.253 e. The lowest BCUT2D eigenvalue weighted by molar-refractivity contribution is -0.128. The molecule has 1 saturated carbocycles. The second kappa shape index (κ2) is 9.77. The summed E-state index contributed by atoms with van der Waals surface area (Å²) in [7, 11) is 0. The summed E-state index contributed by atoms with van der Waals surface area (Å²) >= 11 is 0. The molecule has 1 heterocycles. The fourth-order valence-electron chi connectivity index (χ4n) is 4.44. The van der Waals surface area contributed by atoms with E-state index in [9.17, 15) is 14.4 Å². The molecule has 31 heavy (non-hydrogen) atoms. The van der Waals surface area contributed by atoms with Gasteiger partial charge in [-0.1, -0.05) is 61.7 Å². The number of rotatable bonds is 6. The number of benzene rings is 2. The van der Waals surface area contributed by atoms with E-state index in [0.717, 1.165) is 31.2 Å². The minimum absolute atomic E-state index is 0.0210. The van der Waals surface area contributed by atoms with E-state index in [4.69, 9.17) is 0 Å². The Balaban J connectivity index is 1.38. The van der Waals surface area contributed by atoms with Gasteiger partial charge in [0, 0.05) is 25.6 Å². The fraction of sp³-hybridized carbons (Fsp3) is 0.400. The van der Waals surface area contributed by atoms with Crippen molar-refractivity contribution in [3.63, 3.8) is 0 Å². The standard InChI is InChI=1S/C25H29N3O3/c29-23-15-19(17-28(23)16-18-9-3-1-4-10-18)24(30)27-22-14-8-7-13-21(22)25(31)26-20-11-5-2-6-12-20/h1,3-4,7-10,13-14,19-20H,2,5-6,11-12,15-17H2,(H,26,31)(H,27,30). The highest BCUT2D eigenvalue weighted by Gasteiger charge is 2.34. The normalized spacial score (nSPS) is 19.3. The van der Waals surface area contributed by atoms with Crippen molar-refractivity contribution in [1.29, 1.82) is 0 Å². The molecular formula is C25H29N3O3. The first kappa shape index (κ1) is 21.1. The summed E-state index contributed by atoms with van der Waals surface area (Å²) in [5, 5.41) is 6.00. The first-order chi connectivity index (χ1) is 15.1. The third kappa shape index (κ3) is 5.32. The number of nitrogens with zero attached hydrogens (tertiary/aromatic N) is 1. The molecule has 1 atom stereocenters. The molecule has 0 bridgehead atoms. The van der Waals surface area contributed by atoms with E-state index in [2.05, 4.69) is 10.6 Å². The van der Waals surface area contributed by atoms with E-state index in [-0.39, 0.29) is 30.2 Å².